The lowest BCUT2D eigenvalue weighted by Gasteiger charge is -2.32. The number of aromatic nitrogens is 1. The Morgan fingerprint density at radius 3 is 2.38 bits per heavy atom. The van der Waals surface area contributed by atoms with E-state index in [-0.39, 0.29) is 29.1 Å². The molecule has 2 rings (SSSR count). The molecule has 0 bridgehead atoms. The second-order valence-corrected chi connectivity index (χ2v) is 6.24. The molecule has 0 amide bonds. The van der Waals surface area contributed by atoms with Crippen LogP contribution in [-0.2, 0) is 6.18 Å². The standard InChI is InChI=1S/C12H13F6NOS/c13-11(14,15)7-3-1-2-6(4-7)9(20)8-5-19-10(21-8)12(16,17)18/h5-7,9,20H,1-4H2. The van der Waals surface area contributed by atoms with E-state index < -0.39 is 35.3 Å². The van der Waals surface area contributed by atoms with Gasteiger partial charge in [0.15, 0.2) is 5.01 Å². The Hall–Kier alpha value is -0.830. The van der Waals surface area contributed by atoms with Crippen LogP contribution < -0.4 is 0 Å². The maximum atomic E-state index is 12.7. The van der Waals surface area contributed by atoms with Crippen molar-refractivity contribution in [3.8, 4) is 0 Å². The Balaban J connectivity index is 2.09. The van der Waals surface area contributed by atoms with E-state index in [1.807, 2.05) is 0 Å². The van der Waals surface area contributed by atoms with Crippen molar-refractivity contribution in [2.45, 2.75) is 44.1 Å². The van der Waals surface area contributed by atoms with Gasteiger partial charge in [-0.3, -0.25) is 0 Å². The zero-order valence-electron chi connectivity index (χ0n) is 10.7. The van der Waals surface area contributed by atoms with Crippen LogP contribution in [0.25, 0.3) is 0 Å². The van der Waals surface area contributed by atoms with E-state index in [4.69, 9.17) is 0 Å². The summed E-state index contributed by atoms with van der Waals surface area (Å²) in [6.45, 7) is 0. The Labute approximate surface area is 120 Å². The minimum Gasteiger partial charge on any atom is -0.387 e. The van der Waals surface area contributed by atoms with Crippen molar-refractivity contribution in [1.82, 2.24) is 4.98 Å². The first-order chi connectivity index (χ1) is 9.59. The van der Waals surface area contributed by atoms with E-state index in [1.165, 1.54) is 0 Å². The summed E-state index contributed by atoms with van der Waals surface area (Å²) in [5.41, 5.74) is 0. The molecule has 1 N–H and O–H groups in total. The lowest BCUT2D eigenvalue weighted by Crippen LogP contribution is -2.30. The minimum absolute atomic E-state index is 0.00319. The van der Waals surface area contributed by atoms with Crippen molar-refractivity contribution < 1.29 is 31.4 Å². The van der Waals surface area contributed by atoms with Gasteiger partial charge in [-0.25, -0.2) is 4.98 Å². The van der Waals surface area contributed by atoms with Crippen LogP contribution in [0.5, 0.6) is 0 Å². The van der Waals surface area contributed by atoms with Gasteiger partial charge in [0.25, 0.3) is 0 Å². The van der Waals surface area contributed by atoms with E-state index in [0.29, 0.717) is 12.8 Å². The fourth-order valence-electron chi connectivity index (χ4n) is 2.60. The van der Waals surface area contributed by atoms with Gasteiger partial charge in [-0.2, -0.15) is 26.3 Å². The molecule has 1 saturated carbocycles. The average Bonchev–Trinajstić information content (AvgIpc) is 2.86. The van der Waals surface area contributed by atoms with Crippen molar-refractivity contribution in [3.05, 3.63) is 16.1 Å². The lowest BCUT2D eigenvalue weighted by molar-refractivity contribution is -0.188. The summed E-state index contributed by atoms with van der Waals surface area (Å²) in [7, 11) is 0. The number of hydrogen-bond acceptors (Lipinski definition) is 3. The highest BCUT2D eigenvalue weighted by Gasteiger charge is 2.44. The number of alkyl halides is 6. The van der Waals surface area contributed by atoms with E-state index >= 15 is 0 Å². The van der Waals surface area contributed by atoms with Crippen LogP contribution in [0.2, 0.25) is 0 Å². The molecule has 120 valence electrons. The molecule has 1 heterocycles. The van der Waals surface area contributed by atoms with Crippen LogP contribution in [0.1, 0.15) is 41.7 Å². The van der Waals surface area contributed by atoms with Crippen molar-refractivity contribution in [2.24, 2.45) is 11.8 Å². The number of aliphatic hydroxyl groups is 1. The number of halogens is 6. The minimum atomic E-state index is -4.61. The summed E-state index contributed by atoms with van der Waals surface area (Å²) >= 11 is 0.283. The van der Waals surface area contributed by atoms with Gasteiger partial charge in [0, 0.05) is 6.20 Å². The molecule has 0 aliphatic heterocycles. The molecule has 1 aliphatic rings. The largest absolute Gasteiger partial charge is 0.443 e. The second-order valence-electron chi connectivity index (χ2n) is 5.18. The molecular formula is C12H13F6NOS. The smallest absolute Gasteiger partial charge is 0.387 e. The van der Waals surface area contributed by atoms with Crippen LogP contribution in [0.4, 0.5) is 26.3 Å². The molecule has 1 aromatic rings. The summed E-state index contributed by atoms with van der Waals surface area (Å²) in [5.74, 6) is -2.19. The van der Waals surface area contributed by atoms with Gasteiger partial charge < -0.3 is 5.11 Å². The summed E-state index contributed by atoms with van der Waals surface area (Å²) in [6.07, 6.45) is -8.96. The predicted molar refractivity (Wildman–Crippen MR) is 63.6 cm³/mol. The quantitative estimate of drug-likeness (QED) is 0.805. The lowest BCUT2D eigenvalue weighted by atomic mass is 9.78. The summed E-state index contributed by atoms with van der Waals surface area (Å²) in [5, 5.41) is 8.95. The fourth-order valence-corrected chi connectivity index (χ4v) is 3.46. The van der Waals surface area contributed by atoms with Gasteiger partial charge in [0.2, 0.25) is 0 Å². The fraction of sp³-hybridized carbons (Fsp3) is 0.750. The maximum absolute atomic E-state index is 12.7. The molecular weight excluding hydrogens is 320 g/mol. The monoisotopic (exact) mass is 333 g/mol. The highest BCUT2D eigenvalue weighted by Crippen LogP contribution is 2.45. The third-order valence-electron chi connectivity index (χ3n) is 3.68. The number of rotatable bonds is 2. The number of nitrogens with zero attached hydrogens (tertiary/aromatic N) is 1. The SMILES string of the molecule is OC(c1cnc(C(F)(F)F)s1)C1CCCC(C(F)(F)F)C1. The molecule has 0 radical (unpaired) electrons. The molecule has 2 nitrogen and oxygen atoms in total. The van der Waals surface area contributed by atoms with Crippen molar-refractivity contribution in [2.75, 3.05) is 0 Å². The zero-order chi connectivity index (χ0) is 15.8. The normalized spacial score (nSPS) is 25.9. The molecule has 9 heteroatoms. The zero-order valence-corrected chi connectivity index (χ0v) is 11.5. The topological polar surface area (TPSA) is 33.1 Å². The molecule has 0 saturated heterocycles. The Morgan fingerprint density at radius 1 is 1.19 bits per heavy atom. The van der Waals surface area contributed by atoms with Gasteiger partial charge >= 0.3 is 12.4 Å². The van der Waals surface area contributed by atoms with Crippen LogP contribution in [-0.4, -0.2) is 16.3 Å². The van der Waals surface area contributed by atoms with Gasteiger partial charge in [0.05, 0.1) is 16.9 Å². The first kappa shape index (κ1) is 16.5. The van der Waals surface area contributed by atoms with Gasteiger partial charge in [0.1, 0.15) is 0 Å². The molecule has 1 fully saturated rings. The molecule has 3 unspecified atom stereocenters. The first-order valence-electron chi connectivity index (χ1n) is 6.36. The molecule has 1 aliphatic carbocycles. The van der Waals surface area contributed by atoms with Crippen LogP contribution in [0, 0.1) is 11.8 Å². The average molecular weight is 333 g/mol. The molecule has 0 aromatic carbocycles. The van der Waals surface area contributed by atoms with E-state index in [2.05, 4.69) is 4.98 Å². The molecule has 1 aromatic heterocycles. The summed E-state index contributed by atoms with van der Waals surface area (Å²) < 4.78 is 75.4. The Bertz CT molecular complexity index is 483. The van der Waals surface area contributed by atoms with Crippen molar-refractivity contribution >= 4 is 11.3 Å². The Kier molecular flexibility index (Phi) is 4.53. The summed E-state index contributed by atoms with van der Waals surface area (Å²) in [6, 6.07) is 0. The van der Waals surface area contributed by atoms with Crippen LogP contribution >= 0.6 is 11.3 Å². The summed E-state index contributed by atoms with van der Waals surface area (Å²) in [4.78, 5) is 3.15. The van der Waals surface area contributed by atoms with Crippen molar-refractivity contribution in [1.29, 1.82) is 0 Å². The van der Waals surface area contributed by atoms with E-state index in [0.717, 1.165) is 6.20 Å². The second kappa shape index (κ2) is 5.75. The van der Waals surface area contributed by atoms with Crippen LogP contribution in [0.15, 0.2) is 6.20 Å². The number of thiazole rings is 1. The maximum Gasteiger partial charge on any atom is 0.443 e. The highest BCUT2D eigenvalue weighted by atomic mass is 32.1. The number of hydrogen-bond donors (Lipinski definition) is 1. The molecule has 0 spiro atoms. The third-order valence-corrected chi connectivity index (χ3v) is 4.79. The predicted octanol–water partition coefficient (Wildman–Crippen LogP) is 4.56. The Morgan fingerprint density at radius 2 is 1.86 bits per heavy atom. The van der Waals surface area contributed by atoms with Gasteiger partial charge in [-0.1, -0.05) is 6.42 Å². The van der Waals surface area contributed by atoms with E-state index in [1.54, 1.807) is 0 Å². The first-order valence-corrected chi connectivity index (χ1v) is 7.18. The van der Waals surface area contributed by atoms with Crippen LogP contribution in [0.3, 0.4) is 0 Å². The highest BCUT2D eigenvalue weighted by molar-refractivity contribution is 7.11. The van der Waals surface area contributed by atoms with Gasteiger partial charge in [-0.15, -0.1) is 11.3 Å². The third kappa shape index (κ3) is 3.88. The van der Waals surface area contributed by atoms with Gasteiger partial charge in [-0.05, 0) is 25.2 Å². The van der Waals surface area contributed by atoms with E-state index in [9.17, 15) is 31.4 Å². The number of aliphatic hydroxyl groups excluding tert-OH is 1. The molecule has 3 atom stereocenters. The van der Waals surface area contributed by atoms with Crippen molar-refractivity contribution in [3.63, 3.8) is 0 Å². The molecule has 21 heavy (non-hydrogen) atoms.